The van der Waals surface area contributed by atoms with Crippen molar-refractivity contribution in [2.75, 3.05) is 0 Å². The molecule has 1 rings (SSSR count). The Morgan fingerprint density at radius 1 is 1.54 bits per heavy atom. The van der Waals surface area contributed by atoms with Gasteiger partial charge >= 0.3 is 5.97 Å². The van der Waals surface area contributed by atoms with Gasteiger partial charge in [-0.05, 0) is 32.8 Å². The Labute approximate surface area is 80.0 Å². The van der Waals surface area contributed by atoms with E-state index in [1.165, 1.54) is 12.8 Å². The maximum absolute atomic E-state index is 11.3. The molecule has 0 aromatic heterocycles. The van der Waals surface area contributed by atoms with Crippen LogP contribution in [0.4, 0.5) is 0 Å². The Bertz CT molecular complexity index is 226. The van der Waals surface area contributed by atoms with E-state index in [4.69, 9.17) is 4.74 Å². The number of rotatable bonds is 3. The Balaban J connectivity index is 2.48. The van der Waals surface area contributed by atoms with Crippen molar-refractivity contribution in [3.63, 3.8) is 0 Å². The van der Waals surface area contributed by atoms with Gasteiger partial charge in [0, 0.05) is 6.42 Å². The van der Waals surface area contributed by atoms with Crippen LogP contribution in [0.15, 0.2) is 11.8 Å². The van der Waals surface area contributed by atoms with Gasteiger partial charge in [-0.25, -0.2) is 0 Å². The highest BCUT2D eigenvalue weighted by molar-refractivity contribution is 5.79. The summed E-state index contributed by atoms with van der Waals surface area (Å²) in [6, 6.07) is 0. The molecule has 0 bridgehead atoms. The lowest BCUT2D eigenvalue weighted by molar-refractivity contribution is -0.142. The SMILES string of the molecule is CCCCC=C1CC(C)(C)C(=O)O1. The number of allylic oxidation sites excluding steroid dienone is 2. The highest BCUT2D eigenvalue weighted by Crippen LogP contribution is 2.35. The molecule has 1 saturated heterocycles. The number of carbonyl (C=O) groups excluding carboxylic acids is 1. The molecule has 0 aromatic rings. The fourth-order valence-corrected chi connectivity index (χ4v) is 1.38. The van der Waals surface area contributed by atoms with Crippen LogP contribution >= 0.6 is 0 Å². The molecule has 0 aromatic carbocycles. The molecule has 1 heterocycles. The summed E-state index contributed by atoms with van der Waals surface area (Å²) in [4.78, 5) is 11.3. The maximum Gasteiger partial charge on any atom is 0.317 e. The van der Waals surface area contributed by atoms with Crippen molar-refractivity contribution in [3.8, 4) is 0 Å². The third kappa shape index (κ3) is 2.58. The summed E-state index contributed by atoms with van der Waals surface area (Å²) in [7, 11) is 0. The Morgan fingerprint density at radius 3 is 2.69 bits per heavy atom. The number of esters is 1. The van der Waals surface area contributed by atoms with Gasteiger partial charge in [-0.1, -0.05) is 13.3 Å². The summed E-state index contributed by atoms with van der Waals surface area (Å²) in [5.41, 5.74) is -0.307. The van der Waals surface area contributed by atoms with Crippen molar-refractivity contribution in [3.05, 3.63) is 11.8 Å². The standard InChI is InChI=1S/C11H18O2/c1-4-5-6-7-9-8-11(2,3)10(12)13-9/h7H,4-6,8H2,1-3H3. The third-order valence-corrected chi connectivity index (χ3v) is 2.32. The van der Waals surface area contributed by atoms with Crippen molar-refractivity contribution in [1.82, 2.24) is 0 Å². The Hall–Kier alpha value is -0.790. The van der Waals surface area contributed by atoms with Gasteiger partial charge in [-0.15, -0.1) is 0 Å². The van der Waals surface area contributed by atoms with Crippen LogP contribution in [0.2, 0.25) is 0 Å². The van der Waals surface area contributed by atoms with Gasteiger partial charge in [0.25, 0.3) is 0 Å². The first-order chi connectivity index (χ1) is 6.06. The van der Waals surface area contributed by atoms with Crippen molar-refractivity contribution < 1.29 is 9.53 Å². The fraction of sp³-hybridized carbons (Fsp3) is 0.727. The smallest absolute Gasteiger partial charge is 0.317 e. The van der Waals surface area contributed by atoms with Crippen molar-refractivity contribution in [2.45, 2.75) is 46.5 Å². The van der Waals surface area contributed by atoms with E-state index in [9.17, 15) is 4.79 Å². The summed E-state index contributed by atoms with van der Waals surface area (Å²) in [5, 5.41) is 0. The summed E-state index contributed by atoms with van der Waals surface area (Å²) in [6.45, 7) is 6.01. The molecule has 0 unspecified atom stereocenters. The Morgan fingerprint density at radius 2 is 2.23 bits per heavy atom. The molecule has 1 aliphatic heterocycles. The molecular weight excluding hydrogens is 164 g/mol. The summed E-state index contributed by atoms with van der Waals surface area (Å²) in [6.07, 6.45) is 6.18. The second-order valence-electron chi connectivity index (χ2n) is 4.26. The van der Waals surface area contributed by atoms with Crippen LogP contribution in [0, 0.1) is 5.41 Å². The zero-order valence-electron chi connectivity index (χ0n) is 8.72. The van der Waals surface area contributed by atoms with Gasteiger partial charge in [0.2, 0.25) is 0 Å². The first-order valence-corrected chi connectivity index (χ1v) is 4.97. The van der Waals surface area contributed by atoms with Gasteiger partial charge < -0.3 is 4.74 Å². The number of hydrogen-bond donors (Lipinski definition) is 0. The zero-order chi connectivity index (χ0) is 9.90. The van der Waals surface area contributed by atoms with Crippen molar-refractivity contribution in [2.24, 2.45) is 5.41 Å². The lowest BCUT2D eigenvalue weighted by atomic mass is 9.91. The molecule has 2 nitrogen and oxygen atoms in total. The maximum atomic E-state index is 11.3. The van der Waals surface area contributed by atoms with Crippen LogP contribution in [0.1, 0.15) is 46.5 Å². The minimum Gasteiger partial charge on any atom is -0.431 e. The number of carbonyl (C=O) groups is 1. The number of unbranched alkanes of at least 4 members (excludes halogenated alkanes) is 2. The molecule has 1 aliphatic rings. The van der Waals surface area contributed by atoms with Gasteiger partial charge in [0.1, 0.15) is 5.76 Å². The normalized spacial score (nSPS) is 23.6. The van der Waals surface area contributed by atoms with Gasteiger partial charge in [-0.2, -0.15) is 0 Å². The van der Waals surface area contributed by atoms with E-state index in [-0.39, 0.29) is 11.4 Å². The molecular formula is C11H18O2. The highest BCUT2D eigenvalue weighted by atomic mass is 16.5. The molecule has 2 heteroatoms. The van der Waals surface area contributed by atoms with Crippen LogP contribution in [0.25, 0.3) is 0 Å². The summed E-state index contributed by atoms with van der Waals surface area (Å²) in [5.74, 6) is 0.777. The molecule has 0 spiro atoms. The largest absolute Gasteiger partial charge is 0.431 e. The molecule has 0 saturated carbocycles. The fourth-order valence-electron chi connectivity index (χ4n) is 1.38. The summed E-state index contributed by atoms with van der Waals surface area (Å²) < 4.78 is 5.15. The predicted octanol–water partition coefficient (Wildman–Crippen LogP) is 3.03. The average molecular weight is 182 g/mol. The van der Waals surface area contributed by atoms with E-state index >= 15 is 0 Å². The van der Waals surface area contributed by atoms with Crippen molar-refractivity contribution in [1.29, 1.82) is 0 Å². The van der Waals surface area contributed by atoms with E-state index in [0.29, 0.717) is 0 Å². The topological polar surface area (TPSA) is 26.3 Å². The van der Waals surface area contributed by atoms with Gasteiger partial charge in [0.05, 0.1) is 5.41 Å². The van der Waals surface area contributed by atoms with Gasteiger partial charge in [0.15, 0.2) is 0 Å². The first kappa shape index (κ1) is 10.3. The predicted molar refractivity (Wildman–Crippen MR) is 52.1 cm³/mol. The quantitative estimate of drug-likeness (QED) is 0.495. The van der Waals surface area contributed by atoms with Crippen LogP contribution in [0.5, 0.6) is 0 Å². The van der Waals surface area contributed by atoms with E-state index in [1.807, 2.05) is 13.8 Å². The second-order valence-corrected chi connectivity index (χ2v) is 4.26. The van der Waals surface area contributed by atoms with Crippen LogP contribution in [-0.4, -0.2) is 5.97 Å². The van der Waals surface area contributed by atoms with Crippen LogP contribution < -0.4 is 0 Å². The second kappa shape index (κ2) is 3.95. The molecule has 0 radical (unpaired) electrons. The monoisotopic (exact) mass is 182 g/mol. The van der Waals surface area contributed by atoms with Crippen LogP contribution in [0.3, 0.4) is 0 Å². The third-order valence-electron chi connectivity index (χ3n) is 2.32. The lowest BCUT2D eigenvalue weighted by Crippen LogP contribution is -2.16. The molecule has 1 fully saturated rings. The number of ether oxygens (including phenoxy) is 1. The lowest BCUT2D eigenvalue weighted by Gasteiger charge is -2.07. The van der Waals surface area contributed by atoms with Crippen LogP contribution in [-0.2, 0) is 9.53 Å². The molecule has 0 atom stereocenters. The number of hydrogen-bond acceptors (Lipinski definition) is 2. The molecule has 0 N–H and O–H groups in total. The highest BCUT2D eigenvalue weighted by Gasteiger charge is 2.38. The van der Waals surface area contributed by atoms with Gasteiger partial charge in [-0.3, -0.25) is 4.79 Å². The molecule has 74 valence electrons. The summed E-state index contributed by atoms with van der Waals surface area (Å²) >= 11 is 0. The Kier molecular flexibility index (Phi) is 3.12. The van der Waals surface area contributed by atoms with E-state index in [0.717, 1.165) is 18.6 Å². The average Bonchev–Trinajstić information content (AvgIpc) is 2.27. The van der Waals surface area contributed by atoms with E-state index in [1.54, 1.807) is 0 Å². The minimum atomic E-state index is -0.307. The number of cyclic esters (lactones) is 1. The molecule has 0 aliphatic carbocycles. The first-order valence-electron chi connectivity index (χ1n) is 4.97. The minimum absolute atomic E-state index is 0.0877. The molecule has 13 heavy (non-hydrogen) atoms. The zero-order valence-corrected chi connectivity index (χ0v) is 8.72. The van der Waals surface area contributed by atoms with E-state index < -0.39 is 0 Å². The van der Waals surface area contributed by atoms with Crippen molar-refractivity contribution >= 4 is 5.97 Å². The molecule has 0 amide bonds. The van der Waals surface area contributed by atoms with E-state index in [2.05, 4.69) is 13.0 Å².